The Morgan fingerprint density at radius 1 is 1.47 bits per heavy atom. The van der Waals surface area contributed by atoms with E-state index in [0.29, 0.717) is 13.0 Å². The van der Waals surface area contributed by atoms with Gasteiger partial charge in [0.05, 0.1) is 5.75 Å². The Morgan fingerprint density at radius 3 is 2.80 bits per heavy atom. The zero-order chi connectivity index (χ0) is 11.3. The first-order valence-electron chi connectivity index (χ1n) is 4.92. The zero-order valence-electron chi connectivity index (χ0n) is 9.03. The highest BCUT2D eigenvalue weighted by Crippen LogP contribution is 2.04. The second-order valence-corrected chi connectivity index (χ2v) is 5.37. The molecule has 0 unspecified atom stereocenters. The van der Waals surface area contributed by atoms with E-state index in [1.165, 1.54) is 0 Å². The van der Waals surface area contributed by atoms with Crippen LogP contribution in [0.3, 0.4) is 0 Å². The third-order valence-electron chi connectivity index (χ3n) is 2.10. The summed E-state index contributed by atoms with van der Waals surface area (Å²) in [7, 11) is -3.12. The van der Waals surface area contributed by atoms with Crippen LogP contribution in [-0.4, -0.2) is 19.2 Å². The third kappa shape index (κ3) is 3.97. The molecule has 1 heterocycles. The Balaban J connectivity index is 2.62. The van der Waals surface area contributed by atoms with Crippen LogP contribution in [0.2, 0.25) is 0 Å². The molecule has 1 rings (SSSR count). The number of pyridine rings is 1. The maximum atomic E-state index is 11.4. The molecular weight excluding hydrogens is 212 g/mol. The quantitative estimate of drug-likeness (QED) is 0.824. The molecule has 0 amide bonds. The minimum absolute atomic E-state index is 0.173. The summed E-state index contributed by atoms with van der Waals surface area (Å²) in [5.74, 6) is 0.173. The molecule has 4 nitrogen and oxygen atoms in total. The van der Waals surface area contributed by atoms with Crippen LogP contribution in [0.5, 0.6) is 0 Å². The number of aryl methyl sites for hydroxylation is 1. The van der Waals surface area contributed by atoms with Crippen molar-refractivity contribution in [3.8, 4) is 0 Å². The van der Waals surface area contributed by atoms with Gasteiger partial charge in [0.1, 0.15) is 0 Å². The van der Waals surface area contributed by atoms with Gasteiger partial charge in [-0.15, -0.1) is 0 Å². The highest BCUT2D eigenvalue weighted by molar-refractivity contribution is 7.89. The molecule has 0 saturated carbocycles. The van der Waals surface area contributed by atoms with Crippen LogP contribution in [0.1, 0.15) is 24.5 Å². The van der Waals surface area contributed by atoms with Crippen molar-refractivity contribution in [3.63, 3.8) is 0 Å². The first-order chi connectivity index (χ1) is 7.05. The summed E-state index contributed by atoms with van der Waals surface area (Å²) >= 11 is 0. The summed E-state index contributed by atoms with van der Waals surface area (Å²) in [5.41, 5.74) is 1.96. The van der Waals surface area contributed by atoms with E-state index in [9.17, 15) is 8.42 Å². The van der Waals surface area contributed by atoms with Gasteiger partial charge in [0.25, 0.3) is 0 Å². The van der Waals surface area contributed by atoms with Gasteiger partial charge in [0, 0.05) is 18.9 Å². The van der Waals surface area contributed by atoms with Crippen molar-refractivity contribution in [2.75, 3.05) is 5.75 Å². The van der Waals surface area contributed by atoms with Crippen molar-refractivity contribution in [2.45, 2.75) is 26.8 Å². The average molecular weight is 228 g/mol. The van der Waals surface area contributed by atoms with Gasteiger partial charge >= 0.3 is 0 Å². The van der Waals surface area contributed by atoms with Gasteiger partial charge in [0.15, 0.2) is 0 Å². The Bertz CT molecular complexity index is 415. The molecule has 0 aliphatic heterocycles. The lowest BCUT2D eigenvalue weighted by Gasteiger charge is -2.07. The van der Waals surface area contributed by atoms with Crippen molar-refractivity contribution >= 4 is 10.0 Å². The number of nitrogens with zero attached hydrogens (tertiary/aromatic N) is 1. The lowest BCUT2D eigenvalue weighted by Crippen LogP contribution is -2.26. The van der Waals surface area contributed by atoms with Gasteiger partial charge in [-0.1, -0.05) is 6.92 Å². The van der Waals surface area contributed by atoms with Crippen molar-refractivity contribution in [3.05, 3.63) is 29.6 Å². The molecule has 1 aromatic rings. The van der Waals surface area contributed by atoms with Crippen LogP contribution in [-0.2, 0) is 16.6 Å². The first-order valence-corrected chi connectivity index (χ1v) is 6.57. The summed E-state index contributed by atoms with van der Waals surface area (Å²) in [6, 6.07) is 1.86. The SMILES string of the molecule is CCCS(=O)(=O)NCc1cnccc1C. The molecule has 0 radical (unpaired) electrons. The summed E-state index contributed by atoms with van der Waals surface area (Å²) in [6.07, 6.45) is 4.00. The van der Waals surface area contributed by atoms with E-state index >= 15 is 0 Å². The molecule has 0 aliphatic carbocycles. The fourth-order valence-corrected chi connectivity index (χ4v) is 2.27. The predicted octanol–water partition coefficient (Wildman–Crippen LogP) is 1.22. The summed E-state index contributed by atoms with van der Waals surface area (Å²) in [6.45, 7) is 4.10. The topological polar surface area (TPSA) is 59.1 Å². The molecule has 0 atom stereocenters. The Kier molecular flexibility index (Phi) is 4.23. The fraction of sp³-hybridized carbons (Fsp3) is 0.500. The van der Waals surface area contributed by atoms with Gasteiger partial charge in [0.2, 0.25) is 10.0 Å². The maximum Gasteiger partial charge on any atom is 0.211 e. The standard InChI is InChI=1S/C10H16N2O2S/c1-3-6-15(13,14)12-8-10-7-11-5-4-9(10)2/h4-5,7,12H,3,6,8H2,1-2H3. The Morgan fingerprint density at radius 2 is 2.20 bits per heavy atom. The molecule has 84 valence electrons. The Hall–Kier alpha value is -0.940. The van der Waals surface area contributed by atoms with Gasteiger partial charge in [-0.25, -0.2) is 13.1 Å². The molecule has 0 aromatic carbocycles. The highest BCUT2D eigenvalue weighted by atomic mass is 32.2. The predicted molar refractivity (Wildman–Crippen MR) is 59.9 cm³/mol. The van der Waals surface area contributed by atoms with E-state index in [1.807, 2.05) is 19.9 Å². The minimum atomic E-state index is -3.12. The van der Waals surface area contributed by atoms with Crippen molar-refractivity contribution in [1.82, 2.24) is 9.71 Å². The number of hydrogen-bond acceptors (Lipinski definition) is 3. The lowest BCUT2D eigenvalue weighted by molar-refractivity contribution is 0.579. The van der Waals surface area contributed by atoms with Crippen molar-refractivity contribution < 1.29 is 8.42 Å². The molecule has 0 fully saturated rings. The van der Waals surface area contributed by atoms with Crippen LogP contribution >= 0.6 is 0 Å². The smallest absolute Gasteiger partial charge is 0.211 e. The summed E-state index contributed by atoms with van der Waals surface area (Å²) < 4.78 is 25.3. The number of aromatic nitrogens is 1. The molecule has 5 heteroatoms. The van der Waals surface area contributed by atoms with E-state index in [4.69, 9.17) is 0 Å². The summed E-state index contributed by atoms with van der Waals surface area (Å²) in [5, 5.41) is 0. The van der Waals surface area contributed by atoms with Crippen molar-refractivity contribution in [2.24, 2.45) is 0 Å². The average Bonchev–Trinajstić information content (AvgIpc) is 2.16. The Labute approximate surface area is 90.8 Å². The van der Waals surface area contributed by atoms with Crippen molar-refractivity contribution in [1.29, 1.82) is 0 Å². The van der Waals surface area contributed by atoms with Gasteiger partial charge in [-0.05, 0) is 30.5 Å². The van der Waals surface area contributed by atoms with Crippen LogP contribution in [0.4, 0.5) is 0 Å². The highest BCUT2D eigenvalue weighted by Gasteiger charge is 2.08. The molecule has 1 N–H and O–H groups in total. The molecular formula is C10H16N2O2S. The molecule has 15 heavy (non-hydrogen) atoms. The van der Waals surface area contributed by atoms with Gasteiger partial charge in [-0.3, -0.25) is 4.98 Å². The lowest BCUT2D eigenvalue weighted by atomic mass is 10.2. The van der Waals surface area contributed by atoms with E-state index in [2.05, 4.69) is 9.71 Å². The number of nitrogens with one attached hydrogen (secondary N) is 1. The molecule has 1 aromatic heterocycles. The van der Waals surface area contributed by atoms with E-state index < -0.39 is 10.0 Å². The maximum absolute atomic E-state index is 11.4. The minimum Gasteiger partial charge on any atom is -0.264 e. The monoisotopic (exact) mass is 228 g/mol. The fourth-order valence-electron chi connectivity index (χ4n) is 1.21. The molecule has 0 spiro atoms. The van der Waals surface area contributed by atoms with Gasteiger partial charge < -0.3 is 0 Å². The second-order valence-electron chi connectivity index (χ2n) is 3.44. The van der Waals surface area contributed by atoms with Gasteiger partial charge in [-0.2, -0.15) is 0 Å². The second kappa shape index (κ2) is 5.23. The largest absolute Gasteiger partial charge is 0.264 e. The van der Waals surface area contributed by atoms with Crippen LogP contribution in [0.25, 0.3) is 0 Å². The molecule has 0 bridgehead atoms. The molecule has 0 aliphatic rings. The van der Waals surface area contributed by atoms with Crippen LogP contribution in [0.15, 0.2) is 18.5 Å². The molecule has 0 saturated heterocycles. The first kappa shape index (κ1) is 12.1. The zero-order valence-corrected chi connectivity index (χ0v) is 9.84. The number of hydrogen-bond donors (Lipinski definition) is 1. The van der Waals surface area contributed by atoms with E-state index in [1.54, 1.807) is 12.4 Å². The van der Waals surface area contributed by atoms with Crippen LogP contribution < -0.4 is 4.72 Å². The normalized spacial score (nSPS) is 11.6. The van der Waals surface area contributed by atoms with E-state index in [-0.39, 0.29) is 5.75 Å². The number of rotatable bonds is 5. The third-order valence-corrected chi connectivity index (χ3v) is 3.63. The summed E-state index contributed by atoms with van der Waals surface area (Å²) in [4.78, 5) is 3.96. The van der Waals surface area contributed by atoms with Crippen LogP contribution in [0, 0.1) is 6.92 Å². The number of sulfonamides is 1. The van der Waals surface area contributed by atoms with E-state index in [0.717, 1.165) is 11.1 Å².